The van der Waals surface area contributed by atoms with E-state index in [9.17, 15) is 0 Å². The molecule has 302 valence electrons. The lowest BCUT2D eigenvalue weighted by Crippen LogP contribution is -1.98. The summed E-state index contributed by atoms with van der Waals surface area (Å²) in [5.74, 6) is 0. The van der Waals surface area contributed by atoms with Crippen molar-refractivity contribution in [3.63, 3.8) is 0 Å². The van der Waals surface area contributed by atoms with Crippen LogP contribution < -0.4 is 0 Å². The first-order chi connectivity index (χ1) is 32.2. The maximum atomic E-state index is 6.65. The molecular weight excluding hydrogens is 791 g/mol. The summed E-state index contributed by atoms with van der Waals surface area (Å²) in [6, 6.07) is 80.8. The van der Waals surface area contributed by atoms with Crippen molar-refractivity contribution in [3.8, 4) is 44.9 Å². The van der Waals surface area contributed by atoms with Crippen LogP contribution in [0.2, 0.25) is 0 Å². The molecule has 65 heavy (non-hydrogen) atoms. The van der Waals surface area contributed by atoms with Gasteiger partial charge < -0.3 is 13.6 Å². The fourth-order valence-corrected chi connectivity index (χ4v) is 10.6. The third-order valence-corrected chi connectivity index (χ3v) is 13.5. The van der Waals surface area contributed by atoms with Gasteiger partial charge in [0.15, 0.2) is 0 Å². The number of nitrogens with zero attached hydrogens (tertiary/aromatic N) is 3. The Kier molecular flexibility index (Phi) is 7.65. The van der Waals surface area contributed by atoms with Crippen LogP contribution in [0.1, 0.15) is 0 Å². The van der Waals surface area contributed by atoms with Crippen LogP contribution in [0.4, 0.5) is 0 Å². The first-order valence-corrected chi connectivity index (χ1v) is 22.2. The van der Waals surface area contributed by atoms with Crippen LogP contribution in [-0.4, -0.2) is 14.1 Å². The molecule has 0 saturated heterocycles. The Morgan fingerprint density at radius 3 is 1.82 bits per heavy atom. The predicted octanol–water partition coefficient (Wildman–Crippen LogP) is 16.5. The Bertz CT molecular complexity index is 4230. The van der Waals surface area contributed by atoms with E-state index in [1.807, 2.05) is 0 Å². The van der Waals surface area contributed by atoms with Crippen LogP contribution >= 0.6 is 0 Å². The summed E-state index contributed by atoms with van der Waals surface area (Å²) in [5.41, 5.74) is 16.2. The zero-order chi connectivity index (χ0) is 42.6. The molecule has 0 bridgehead atoms. The maximum Gasteiger partial charge on any atom is 0.136 e. The molecular formula is C61H37N3O. The fraction of sp³-hybridized carbons (Fsp3) is 0. The van der Waals surface area contributed by atoms with Crippen molar-refractivity contribution in [1.82, 2.24) is 14.1 Å². The van der Waals surface area contributed by atoms with E-state index in [1.54, 1.807) is 0 Å². The highest BCUT2D eigenvalue weighted by Crippen LogP contribution is 2.43. The molecule has 0 aliphatic heterocycles. The topological polar surface area (TPSA) is 35.9 Å². The van der Waals surface area contributed by atoms with Crippen LogP contribution in [0, 0.1) is 0 Å². The van der Waals surface area contributed by atoms with E-state index >= 15 is 0 Å². The minimum Gasteiger partial charge on any atom is -0.456 e. The van der Waals surface area contributed by atoms with Crippen molar-refractivity contribution >= 4 is 87.2 Å². The lowest BCUT2D eigenvalue weighted by molar-refractivity contribution is 0.669. The molecule has 0 N–H and O–H groups in total. The van der Waals surface area contributed by atoms with Gasteiger partial charge in [0.05, 0.1) is 39.0 Å². The zero-order valence-corrected chi connectivity index (χ0v) is 35.1. The Morgan fingerprint density at radius 1 is 0.338 bits per heavy atom. The summed E-state index contributed by atoms with van der Waals surface area (Å²) < 4.78 is 11.5. The van der Waals surface area contributed by atoms with Gasteiger partial charge in [-0.05, 0) is 112 Å². The number of benzene rings is 10. The van der Waals surface area contributed by atoms with Crippen LogP contribution in [0.15, 0.2) is 229 Å². The van der Waals surface area contributed by atoms with E-state index in [0.717, 1.165) is 77.6 Å². The average Bonchev–Trinajstić information content (AvgIpc) is 4.03. The molecule has 10 aromatic carbocycles. The molecule has 0 atom stereocenters. The largest absolute Gasteiger partial charge is 0.456 e. The molecule has 0 radical (unpaired) electrons. The maximum absolute atomic E-state index is 6.65. The molecule has 4 heterocycles. The number of pyridine rings is 1. The number of para-hydroxylation sites is 3. The van der Waals surface area contributed by atoms with Gasteiger partial charge in [0.25, 0.3) is 0 Å². The van der Waals surface area contributed by atoms with Gasteiger partial charge in [-0.1, -0.05) is 146 Å². The summed E-state index contributed by atoms with van der Waals surface area (Å²) in [6.07, 6.45) is 0. The van der Waals surface area contributed by atoms with E-state index in [-0.39, 0.29) is 0 Å². The summed E-state index contributed by atoms with van der Waals surface area (Å²) in [7, 11) is 0. The van der Waals surface area contributed by atoms with Crippen molar-refractivity contribution in [3.05, 3.63) is 224 Å². The van der Waals surface area contributed by atoms with Gasteiger partial charge in [-0.2, -0.15) is 0 Å². The van der Waals surface area contributed by atoms with Gasteiger partial charge in [-0.15, -0.1) is 0 Å². The van der Waals surface area contributed by atoms with Crippen LogP contribution in [0.3, 0.4) is 0 Å². The highest BCUT2D eigenvalue weighted by molar-refractivity contribution is 6.22. The smallest absolute Gasteiger partial charge is 0.136 e. The second-order valence-electron chi connectivity index (χ2n) is 17.1. The minimum atomic E-state index is 0.837. The van der Waals surface area contributed by atoms with Gasteiger partial charge in [0, 0.05) is 49.0 Å². The minimum absolute atomic E-state index is 0.837. The molecule has 0 amide bonds. The number of rotatable bonds is 5. The second kappa shape index (κ2) is 13.9. The number of aromatic nitrogens is 3. The highest BCUT2D eigenvalue weighted by atomic mass is 16.3. The molecule has 0 aliphatic rings. The molecule has 4 aromatic heterocycles. The van der Waals surface area contributed by atoms with Crippen molar-refractivity contribution in [2.45, 2.75) is 0 Å². The summed E-state index contributed by atoms with van der Waals surface area (Å²) in [6.45, 7) is 0. The first kappa shape index (κ1) is 35.8. The first-order valence-electron chi connectivity index (χ1n) is 22.2. The third-order valence-electron chi connectivity index (χ3n) is 13.5. The predicted molar refractivity (Wildman–Crippen MR) is 272 cm³/mol. The summed E-state index contributed by atoms with van der Waals surface area (Å²) >= 11 is 0. The lowest BCUT2D eigenvalue weighted by atomic mass is 9.97. The average molecular weight is 828 g/mol. The molecule has 0 saturated carbocycles. The number of hydrogen-bond acceptors (Lipinski definition) is 2. The summed E-state index contributed by atoms with van der Waals surface area (Å²) in [5, 5.41) is 10.6. The van der Waals surface area contributed by atoms with E-state index in [4.69, 9.17) is 9.40 Å². The van der Waals surface area contributed by atoms with Crippen molar-refractivity contribution in [1.29, 1.82) is 0 Å². The zero-order valence-electron chi connectivity index (χ0n) is 35.1. The van der Waals surface area contributed by atoms with Gasteiger partial charge in [0.1, 0.15) is 11.2 Å². The lowest BCUT2D eigenvalue weighted by Gasteiger charge is -2.14. The van der Waals surface area contributed by atoms with Gasteiger partial charge >= 0.3 is 0 Å². The monoisotopic (exact) mass is 827 g/mol. The molecule has 0 fully saturated rings. The molecule has 0 spiro atoms. The molecule has 4 nitrogen and oxygen atoms in total. The fourth-order valence-electron chi connectivity index (χ4n) is 10.6. The van der Waals surface area contributed by atoms with Gasteiger partial charge in [0.2, 0.25) is 0 Å². The molecule has 0 unspecified atom stereocenters. The van der Waals surface area contributed by atoms with E-state index in [1.165, 1.54) is 54.5 Å². The number of fused-ring (bicyclic) bond motifs is 12. The molecule has 0 aliphatic carbocycles. The van der Waals surface area contributed by atoms with Crippen molar-refractivity contribution < 1.29 is 4.42 Å². The SMILES string of the molecule is c1ccc(-c2ccc3c(c2)c2ccccc2n3-c2cc(-c3cccc4oc5ccc(-c6ccc7c(c6)c6c8ccccc8ccc6n7-c6ccccc6)cc5c34)nc3ccccc23)cc1. The molecule has 4 heteroatoms. The third kappa shape index (κ3) is 5.41. The Hall–Kier alpha value is -8.73. The highest BCUT2D eigenvalue weighted by Gasteiger charge is 2.21. The Labute approximate surface area is 373 Å². The number of hydrogen-bond donors (Lipinski definition) is 0. The van der Waals surface area contributed by atoms with Crippen molar-refractivity contribution in [2.75, 3.05) is 0 Å². The van der Waals surface area contributed by atoms with E-state index in [2.05, 4.69) is 234 Å². The van der Waals surface area contributed by atoms with Crippen molar-refractivity contribution in [2.24, 2.45) is 0 Å². The normalized spacial score (nSPS) is 12.0. The van der Waals surface area contributed by atoms with Crippen LogP contribution in [0.25, 0.3) is 132 Å². The standard InChI is InChI=1S/C61H37N3O/c1-3-14-38(15-4-1)40-27-30-54-48(34-40)45-20-10-12-24-53(45)64(54)57-37-52(62-51-23-11-9-21-46(51)57)47-22-13-25-59-61(47)50-36-42(29-33-58(50)65-59)41-28-31-55-49(35-41)60-44-19-8-7-16-39(44)26-32-56(60)63(55)43-17-5-2-6-18-43/h1-37H. The summed E-state index contributed by atoms with van der Waals surface area (Å²) in [4.78, 5) is 5.40. The Balaban J connectivity index is 0.971. The molecule has 14 rings (SSSR count). The number of furan rings is 1. The van der Waals surface area contributed by atoms with Crippen LogP contribution in [-0.2, 0) is 0 Å². The van der Waals surface area contributed by atoms with Gasteiger partial charge in [-0.3, -0.25) is 0 Å². The quantitative estimate of drug-likeness (QED) is 0.173. The Morgan fingerprint density at radius 2 is 0.969 bits per heavy atom. The second-order valence-corrected chi connectivity index (χ2v) is 17.1. The molecule has 14 aromatic rings. The van der Waals surface area contributed by atoms with Gasteiger partial charge in [-0.25, -0.2) is 4.98 Å². The van der Waals surface area contributed by atoms with E-state index < -0.39 is 0 Å². The van der Waals surface area contributed by atoms with Crippen LogP contribution in [0.5, 0.6) is 0 Å². The van der Waals surface area contributed by atoms with E-state index in [0.29, 0.717) is 0 Å².